The normalized spacial score (nSPS) is 12.5. The zero-order chi connectivity index (χ0) is 17.6. The van der Waals surface area contributed by atoms with Crippen molar-refractivity contribution in [3.05, 3.63) is 0 Å². The molecule has 0 saturated heterocycles. The molecule has 0 amide bonds. The summed E-state index contributed by atoms with van der Waals surface area (Å²) in [6, 6.07) is 0. The Morgan fingerprint density at radius 1 is 0.739 bits per heavy atom. The number of rotatable bonds is 16. The van der Waals surface area contributed by atoms with E-state index in [-0.39, 0.29) is 13.2 Å². The number of phosphoric acid groups is 1. The predicted octanol–water partition coefficient (Wildman–Crippen LogP) is 5.42. The van der Waals surface area contributed by atoms with Gasteiger partial charge in [0.1, 0.15) is 0 Å². The van der Waals surface area contributed by atoms with Crippen LogP contribution in [0.15, 0.2) is 0 Å². The Hall–Kier alpha value is 0.0300. The second-order valence-corrected chi connectivity index (χ2v) is 7.98. The molecule has 0 aliphatic heterocycles. The second kappa shape index (κ2) is 14.4. The highest BCUT2D eigenvalue weighted by atomic mass is 31.2. The van der Waals surface area contributed by atoms with E-state index in [1.54, 1.807) is 0 Å². The Kier molecular flexibility index (Phi) is 14.4. The molecule has 0 saturated carbocycles. The molecule has 0 spiro atoms. The smallest absolute Gasteiger partial charge is 0.299 e. The molecule has 7 heteroatoms. The lowest BCUT2D eigenvalue weighted by Crippen LogP contribution is -2.01. The molecule has 0 fully saturated rings. The first-order valence-corrected chi connectivity index (χ1v) is 10.3. The molecule has 6 nitrogen and oxygen atoms in total. The average molecular weight is 354 g/mol. The number of unbranched alkanes of at least 4 members (excludes halogenated alkanes) is 4. The molecule has 1 N–H and O–H groups in total. The highest BCUT2D eigenvalue weighted by molar-refractivity contribution is 7.47. The van der Waals surface area contributed by atoms with Crippen molar-refractivity contribution in [2.45, 2.75) is 79.1 Å². The van der Waals surface area contributed by atoms with Crippen molar-refractivity contribution >= 4 is 7.82 Å². The third kappa shape index (κ3) is 18.2. The third-order valence-corrected chi connectivity index (χ3v) is 3.90. The molecule has 0 aromatic rings. The average Bonchev–Trinajstić information content (AvgIpc) is 2.44. The molecule has 0 aromatic carbocycles. The fraction of sp³-hybridized carbons (Fsp3) is 1.00. The molecule has 0 heterocycles. The summed E-state index contributed by atoms with van der Waals surface area (Å²) in [5.41, 5.74) is 0. The van der Waals surface area contributed by atoms with E-state index in [1.807, 2.05) is 0 Å². The van der Waals surface area contributed by atoms with Gasteiger partial charge in [-0.15, -0.1) is 9.35 Å². The summed E-state index contributed by atoms with van der Waals surface area (Å²) >= 11 is 0. The van der Waals surface area contributed by atoms with Crippen LogP contribution in [-0.4, -0.2) is 18.1 Å². The molecular formula is C16H35O6P. The minimum absolute atomic E-state index is 0.265. The standard InChI is InChI=1S/C16H35O6P/c1-15(2)11-7-5-9-13-19-21-23(17,18)22-20-14-10-6-8-12-16(3)4/h15-16H,5-14H2,1-4H3,(H,17,18). The van der Waals surface area contributed by atoms with E-state index in [2.05, 4.69) is 37.0 Å². The van der Waals surface area contributed by atoms with E-state index in [1.165, 1.54) is 12.8 Å². The molecule has 0 unspecified atom stereocenters. The highest BCUT2D eigenvalue weighted by Gasteiger charge is 2.24. The van der Waals surface area contributed by atoms with Crippen LogP contribution in [0.3, 0.4) is 0 Å². The molecular weight excluding hydrogens is 319 g/mol. The van der Waals surface area contributed by atoms with Crippen LogP contribution in [0.1, 0.15) is 79.1 Å². The maximum atomic E-state index is 11.4. The van der Waals surface area contributed by atoms with Crippen molar-refractivity contribution in [2.24, 2.45) is 11.8 Å². The first-order chi connectivity index (χ1) is 10.8. The van der Waals surface area contributed by atoms with Gasteiger partial charge in [0.05, 0.1) is 13.2 Å². The monoisotopic (exact) mass is 354 g/mol. The lowest BCUT2D eigenvalue weighted by atomic mass is 10.1. The minimum atomic E-state index is -4.28. The molecule has 0 aromatic heterocycles. The Bertz CT molecular complexity index is 283. The van der Waals surface area contributed by atoms with Crippen LogP contribution in [0.25, 0.3) is 0 Å². The maximum absolute atomic E-state index is 11.4. The van der Waals surface area contributed by atoms with E-state index in [9.17, 15) is 9.46 Å². The van der Waals surface area contributed by atoms with Gasteiger partial charge in [-0.2, -0.15) is 0 Å². The molecule has 0 rings (SSSR count). The van der Waals surface area contributed by atoms with Crippen LogP contribution in [0.5, 0.6) is 0 Å². The summed E-state index contributed by atoms with van der Waals surface area (Å²) in [5.74, 6) is 1.39. The van der Waals surface area contributed by atoms with Crippen molar-refractivity contribution in [1.82, 2.24) is 0 Å². The molecule has 23 heavy (non-hydrogen) atoms. The van der Waals surface area contributed by atoms with Crippen molar-refractivity contribution in [3.63, 3.8) is 0 Å². The van der Waals surface area contributed by atoms with Gasteiger partial charge in [0.25, 0.3) is 0 Å². The Balaban J connectivity index is 3.42. The van der Waals surface area contributed by atoms with Gasteiger partial charge >= 0.3 is 7.82 Å². The molecule has 140 valence electrons. The van der Waals surface area contributed by atoms with Crippen molar-refractivity contribution in [2.75, 3.05) is 13.2 Å². The SMILES string of the molecule is CC(C)CCCCCOOP(=O)(O)OOCCCCCC(C)C. The maximum Gasteiger partial charge on any atom is 0.526 e. The van der Waals surface area contributed by atoms with Gasteiger partial charge in [-0.3, -0.25) is 4.89 Å². The van der Waals surface area contributed by atoms with Crippen molar-refractivity contribution < 1.29 is 28.6 Å². The summed E-state index contributed by atoms with van der Waals surface area (Å²) in [6.45, 7) is 9.27. The van der Waals surface area contributed by atoms with Crippen molar-refractivity contribution in [1.29, 1.82) is 0 Å². The van der Waals surface area contributed by atoms with E-state index in [0.29, 0.717) is 11.8 Å². The lowest BCUT2D eigenvalue weighted by Gasteiger charge is -2.10. The minimum Gasteiger partial charge on any atom is -0.299 e. The van der Waals surface area contributed by atoms with Crippen LogP contribution in [0, 0.1) is 11.8 Å². The number of hydrogen-bond acceptors (Lipinski definition) is 5. The van der Waals surface area contributed by atoms with Crippen LogP contribution in [0.2, 0.25) is 0 Å². The van der Waals surface area contributed by atoms with E-state index in [4.69, 9.17) is 9.78 Å². The molecule has 0 aliphatic rings. The van der Waals surface area contributed by atoms with E-state index >= 15 is 0 Å². The van der Waals surface area contributed by atoms with Crippen LogP contribution < -0.4 is 0 Å². The predicted molar refractivity (Wildman–Crippen MR) is 90.5 cm³/mol. The Morgan fingerprint density at radius 2 is 1.13 bits per heavy atom. The van der Waals surface area contributed by atoms with Crippen LogP contribution >= 0.6 is 7.82 Å². The quantitative estimate of drug-likeness (QED) is 0.173. The summed E-state index contributed by atoms with van der Waals surface area (Å²) < 4.78 is 20.2. The summed E-state index contributed by atoms with van der Waals surface area (Å²) in [5, 5.41) is 0. The van der Waals surface area contributed by atoms with E-state index in [0.717, 1.165) is 38.5 Å². The van der Waals surface area contributed by atoms with Gasteiger partial charge in [-0.25, -0.2) is 14.3 Å². The molecule has 0 bridgehead atoms. The summed E-state index contributed by atoms with van der Waals surface area (Å²) in [6.07, 6.45) is 8.16. The topological polar surface area (TPSA) is 74.2 Å². The third-order valence-electron chi connectivity index (χ3n) is 3.31. The zero-order valence-corrected chi connectivity index (χ0v) is 16.1. The first-order valence-electron chi connectivity index (χ1n) is 8.78. The van der Waals surface area contributed by atoms with E-state index < -0.39 is 7.82 Å². The largest absolute Gasteiger partial charge is 0.526 e. The molecule has 0 aliphatic carbocycles. The van der Waals surface area contributed by atoms with Gasteiger partial charge in [0.15, 0.2) is 0 Å². The second-order valence-electron chi connectivity index (χ2n) is 6.75. The van der Waals surface area contributed by atoms with Gasteiger partial charge in [-0.1, -0.05) is 66.2 Å². The summed E-state index contributed by atoms with van der Waals surface area (Å²) in [4.78, 5) is 18.7. The molecule has 0 atom stereocenters. The Labute approximate surface area is 141 Å². The highest BCUT2D eigenvalue weighted by Crippen LogP contribution is 2.43. The lowest BCUT2D eigenvalue weighted by molar-refractivity contribution is -0.279. The molecule has 0 radical (unpaired) electrons. The fourth-order valence-corrected chi connectivity index (χ4v) is 2.44. The zero-order valence-electron chi connectivity index (χ0n) is 15.2. The number of hydrogen-bond donors (Lipinski definition) is 1. The first kappa shape index (κ1) is 23.0. The van der Waals surface area contributed by atoms with Crippen molar-refractivity contribution in [3.8, 4) is 0 Å². The van der Waals surface area contributed by atoms with Gasteiger partial charge in [0.2, 0.25) is 0 Å². The van der Waals surface area contributed by atoms with Crippen LogP contribution in [0.4, 0.5) is 0 Å². The van der Waals surface area contributed by atoms with Crippen LogP contribution in [-0.2, 0) is 23.7 Å². The fourth-order valence-electron chi connectivity index (χ4n) is 2.00. The summed E-state index contributed by atoms with van der Waals surface area (Å²) in [7, 11) is -4.28. The van der Waals surface area contributed by atoms with Gasteiger partial charge in [0, 0.05) is 0 Å². The Morgan fingerprint density at radius 3 is 1.48 bits per heavy atom. The van der Waals surface area contributed by atoms with Gasteiger partial charge < -0.3 is 0 Å². The van der Waals surface area contributed by atoms with Gasteiger partial charge in [-0.05, 0) is 24.7 Å².